The van der Waals surface area contributed by atoms with E-state index in [0.717, 1.165) is 32.7 Å². The summed E-state index contributed by atoms with van der Waals surface area (Å²) in [4.78, 5) is 34.5. The quantitative estimate of drug-likeness (QED) is 0.833. The second-order valence-corrected chi connectivity index (χ2v) is 5.30. The van der Waals surface area contributed by atoms with E-state index in [1.165, 1.54) is 0 Å². The number of benzene rings is 1. The maximum Gasteiger partial charge on any atom is 0.343 e. The van der Waals surface area contributed by atoms with Crippen LogP contribution in [0.15, 0.2) is 22.8 Å². The maximum absolute atomic E-state index is 12.0. The molecule has 0 unspecified atom stereocenters. The van der Waals surface area contributed by atoms with Crippen molar-refractivity contribution in [3.63, 3.8) is 0 Å². The summed E-state index contributed by atoms with van der Waals surface area (Å²) in [6.07, 6.45) is 1.61. The van der Waals surface area contributed by atoms with Gasteiger partial charge in [-0.25, -0.2) is 9.80 Å². The molecule has 22 heavy (non-hydrogen) atoms. The number of hydrogen-bond acceptors (Lipinski definition) is 4. The van der Waals surface area contributed by atoms with E-state index in [0.29, 0.717) is 0 Å². The maximum atomic E-state index is 12.0. The number of nitrogens with one attached hydrogen (secondary N) is 2. The normalized spacial score (nSPS) is 14.5. The number of urea groups is 1. The molecular weight excluding hydrogens is 286 g/mol. The molecule has 0 spiro atoms. The molecule has 1 aromatic carbocycles. The Morgan fingerprint density at radius 2 is 2.14 bits per heavy atom. The van der Waals surface area contributed by atoms with Crippen LogP contribution in [0.5, 0.6) is 0 Å². The SMILES string of the molecule is Cc1ccc2c(CC(=O)NN3CC(=O)NC3=O)coc2c1C. The average molecular weight is 301 g/mol. The Kier molecular flexibility index (Phi) is 3.32. The number of nitrogens with zero attached hydrogens (tertiary/aromatic N) is 1. The van der Waals surface area contributed by atoms with E-state index in [-0.39, 0.29) is 18.9 Å². The van der Waals surface area contributed by atoms with E-state index in [2.05, 4.69) is 10.7 Å². The second kappa shape index (κ2) is 5.18. The van der Waals surface area contributed by atoms with Crippen LogP contribution >= 0.6 is 0 Å². The van der Waals surface area contributed by atoms with Gasteiger partial charge in [0.25, 0.3) is 0 Å². The van der Waals surface area contributed by atoms with E-state index in [4.69, 9.17) is 4.42 Å². The van der Waals surface area contributed by atoms with Gasteiger partial charge in [-0.15, -0.1) is 0 Å². The lowest BCUT2D eigenvalue weighted by Gasteiger charge is -2.14. The van der Waals surface area contributed by atoms with Gasteiger partial charge >= 0.3 is 6.03 Å². The van der Waals surface area contributed by atoms with Gasteiger partial charge < -0.3 is 4.42 Å². The third-order valence-corrected chi connectivity index (χ3v) is 3.75. The van der Waals surface area contributed by atoms with Crippen molar-refractivity contribution in [3.05, 3.63) is 35.1 Å². The molecule has 7 heteroatoms. The first-order valence-electron chi connectivity index (χ1n) is 6.83. The molecule has 2 heterocycles. The third kappa shape index (κ3) is 2.41. The van der Waals surface area contributed by atoms with Gasteiger partial charge in [0.2, 0.25) is 11.8 Å². The number of amides is 4. The van der Waals surface area contributed by atoms with E-state index >= 15 is 0 Å². The van der Waals surface area contributed by atoms with E-state index < -0.39 is 11.9 Å². The van der Waals surface area contributed by atoms with Crippen LogP contribution in [0.4, 0.5) is 4.79 Å². The minimum absolute atomic E-state index is 0.0630. The number of imide groups is 1. The predicted molar refractivity (Wildman–Crippen MR) is 77.8 cm³/mol. The fraction of sp³-hybridized carbons (Fsp3) is 0.267. The Labute approximate surface area is 126 Å². The van der Waals surface area contributed by atoms with Crippen LogP contribution in [0.25, 0.3) is 11.0 Å². The average Bonchev–Trinajstić information content (AvgIpc) is 2.98. The summed E-state index contributed by atoms with van der Waals surface area (Å²) in [5.74, 6) is -0.823. The van der Waals surface area contributed by atoms with E-state index in [9.17, 15) is 14.4 Å². The second-order valence-electron chi connectivity index (χ2n) is 5.30. The highest BCUT2D eigenvalue weighted by Crippen LogP contribution is 2.26. The molecule has 1 saturated heterocycles. The molecule has 0 atom stereocenters. The summed E-state index contributed by atoms with van der Waals surface area (Å²) < 4.78 is 5.54. The molecule has 1 aromatic heterocycles. The lowest BCUT2D eigenvalue weighted by Crippen LogP contribution is -2.44. The minimum Gasteiger partial charge on any atom is -0.464 e. The number of rotatable bonds is 3. The van der Waals surface area contributed by atoms with Crippen LogP contribution < -0.4 is 10.7 Å². The van der Waals surface area contributed by atoms with Gasteiger partial charge in [-0.05, 0) is 25.0 Å². The zero-order chi connectivity index (χ0) is 15.9. The highest BCUT2D eigenvalue weighted by molar-refractivity contribution is 6.02. The molecule has 0 saturated carbocycles. The molecule has 0 radical (unpaired) electrons. The van der Waals surface area contributed by atoms with Crippen LogP contribution in [0, 0.1) is 13.8 Å². The zero-order valence-electron chi connectivity index (χ0n) is 12.2. The summed E-state index contributed by atoms with van der Waals surface area (Å²) in [5.41, 5.74) is 6.06. The number of carbonyl (C=O) groups is 3. The fourth-order valence-corrected chi connectivity index (χ4v) is 2.42. The molecule has 2 aromatic rings. The predicted octanol–water partition coefficient (Wildman–Crippen LogP) is 1.18. The van der Waals surface area contributed by atoms with Crippen molar-refractivity contribution >= 4 is 28.8 Å². The Hall–Kier alpha value is -2.83. The Morgan fingerprint density at radius 1 is 1.36 bits per heavy atom. The van der Waals surface area contributed by atoms with Crippen LogP contribution in [0.1, 0.15) is 16.7 Å². The molecule has 1 fully saturated rings. The monoisotopic (exact) mass is 301 g/mol. The van der Waals surface area contributed by atoms with Crippen LogP contribution in [0.3, 0.4) is 0 Å². The van der Waals surface area contributed by atoms with Crippen molar-refractivity contribution in [2.24, 2.45) is 0 Å². The van der Waals surface area contributed by atoms with Gasteiger partial charge in [-0.2, -0.15) is 0 Å². The topological polar surface area (TPSA) is 91.7 Å². The van der Waals surface area contributed by atoms with Gasteiger partial charge in [-0.1, -0.05) is 12.1 Å². The summed E-state index contributed by atoms with van der Waals surface area (Å²) in [5, 5.41) is 3.93. The third-order valence-electron chi connectivity index (χ3n) is 3.75. The summed E-state index contributed by atoms with van der Waals surface area (Å²) in [6.45, 7) is 3.78. The standard InChI is InChI=1S/C15H15N3O4/c1-8-3-4-11-10(7-22-14(11)9(8)2)5-12(19)17-18-6-13(20)16-15(18)21/h3-4,7H,5-6H2,1-2H3,(H,17,19)(H,16,20,21). The van der Waals surface area contributed by atoms with Crippen LogP contribution in [0.2, 0.25) is 0 Å². The smallest absolute Gasteiger partial charge is 0.343 e. The van der Waals surface area contributed by atoms with Crippen molar-refractivity contribution in [3.8, 4) is 0 Å². The van der Waals surface area contributed by atoms with Gasteiger partial charge in [0.05, 0.1) is 12.7 Å². The first kappa shape index (κ1) is 14.1. The van der Waals surface area contributed by atoms with Crippen molar-refractivity contribution in [1.29, 1.82) is 0 Å². The summed E-state index contributed by atoms with van der Waals surface area (Å²) in [6, 6.07) is 3.26. The Bertz CT molecular complexity index is 793. The van der Waals surface area contributed by atoms with Crippen molar-refractivity contribution < 1.29 is 18.8 Å². The van der Waals surface area contributed by atoms with Crippen molar-refractivity contribution in [2.75, 3.05) is 6.54 Å². The van der Waals surface area contributed by atoms with Crippen LogP contribution in [-0.4, -0.2) is 29.4 Å². The first-order chi connectivity index (χ1) is 10.5. The molecule has 0 aliphatic carbocycles. The fourth-order valence-electron chi connectivity index (χ4n) is 2.42. The number of hydrazine groups is 1. The molecule has 1 aliphatic rings. The number of aryl methyl sites for hydroxylation is 2. The first-order valence-corrected chi connectivity index (χ1v) is 6.83. The molecule has 0 bridgehead atoms. The van der Waals surface area contributed by atoms with E-state index in [1.807, 2.05) is 26.0 Å². The van der Waals surface area contributed by atoms with Crippen molar-refractivity contribution in [2.45, 2.75) is 20.3 Å². The number of fused-ring (bicyclic) bond motifs is 1. The number of hydrogen-bond donors (Lipinski definition) is 2. The highest BCUT2D eigenvalue weighted by atomic mass is 16.3. The molecule has 4 amide bonds. The number of carbonyl (C=O) groups excluding carboxylic acids is 3. The molecule has 2 N–H and O–H groups in total. The van der Waals surface area contributed by atoms with Gasteiger partial charge in [0.15, 0.2) is 0 Å². The molecular formula is C15H15N3O4. The lowest BCUT2D eigenvalue weighted by atomic mass is 10.0. The van der Waals surface area contributed by atoms with Gasteiger partial charge in [0.1, 0.15) is 12.1 Å². The molecule has 7 nitrogen and oxygen atoms in total. The molecule has 1 aliphatic heterocycles. The highest BCUT2D eigenvalue weighted by Gasteiger charge is 2.28. The van der Waals surface area contributed by atoms with Gasteiger partial charge in [-0.3, -0.25) is 20.3 Å². The Balaban J connectivity index is 1.76. The zero-order valence-corrected chi connectivity index (χ0v) is 12.2. The van der Waals surface area contributed by atoms with Crippen LogP contribution in [-0.2, 0) is 16.0 Å². The molecule has 114 valence electrons. The van der Waals surface area contributed by atoms with Crippen molar-refractivity contribution in [1.82, 2.24) is 15.8 Å². The summed E-state index contributed by atoms with van der Waals surface area (Å²) in [7, 11) is 0. The summed E-state index contributed by atoms with van der Waals surface area (Å²) >= 11 is 0. The van der Waals surface area contributed by atoms with Gasteiger partial charge in [0, 0.05) is 10.9 Å². The Morgan fingerprint density at radius 3 is 2.82 bits per heavy atom. The lowest BCUT2D eigenvalue weighted by molar-refractivity contribution is -0.124. The minimum atomic E-state index is -0.623. The number of furan rings is 1. The largest absolute Gasteiger partial charge is 0.464 e. The molecule has 3 rings (SSSR count). The van der Waals surface area contributed by atoms with E-state index in [1.54, 1.807) is 6.26 Å².